The van der Waals surface area contributed by atoms with E-state index in [2.05, 4.69) is 15.0 Å². The molecule has 0 aliphatic heterocycles. The molecule has 0 saturated carbocycles. The van der Waals surface area contributed by atoms with E-state index >= 15 is 0 Å². The molecule has 130 valence electrons. The second-order valence-corrected chi connectivity index (χ2v) is 7.20. The van der Waals surface area contributed by atoms with Crippen molar-refractivity contribution in [1.82, 2.24) is 4.98 Å². The maximum atomic E-state index is 12.1. The van der Waals surface area contributed by atoms with Gasteiger partial charge in [-0.1, -0.05) is 30.3 Å². The lowest BCUT2D eigenvalue weighted by atomic mass is 10.1. The molecule has 1 aromatic carbocycles. The molecular weight excluding hydrogens is 326 g/mol. The number of hydrogen-bond acceptors (Lipinski definition) is 5. The van der Waals surface area contributed by atoms with E-state index in [1.165, 1.54) is 0 Å². The number of nitrogens with one attached hydrogen (secondary N) is 2. The third-order valence-electron chi connectivity index (χ3n) is 3.38. The van der Waals surface area contributed by atoms with Crippen molar-refractivity contribution in [3.8, 4) is 0 Å². The predicted molar refractivity (Wildman–Crippen MR) is 96.8 cm³/mol. The fourth-order valence-corrected chi connectivity index (χ4v) is 3.24. The lowest BCUT2D eigenvalue weighted by Gasteiger charge is -2.09. The summed E-state index contributed by atoms with van der Waals surface area (Å²) in [5.74, 6) is 0.393. The average Bonchev–Trinajstić information content (AvgIpc) is 2.57. The summed E-state index contributed by atoms with van der Waals surface area (Å²) in [6, 6.07) is 13.3. The lowest BCUT2D eigenvalue weighted by molar-refractivity contribution is 0.211. The summed E-state index contributed by atoms with van der Waals surface area (Å²) >= 11 is 0. The fourth-order valence-electron chi connectivity index (χ4n) is 2.18. The van der Waals surface area contributed by atoms with Gasteiger partial charge in [0.15, 0.2) is 0 Å². The largest absolute Gasteiger partial charge is 0.383 e. The van der Waals surface area contributed by atoms with E-state index in [1.807, 2.05) is 30.3 Å². The van der Waals surface area contributed by atoms with Gasteiger partial charge >= 0.3 is 0 Å². The summed E-state index contributed by atoms with van der Waals surface area (Å²) in [7, 11) is -1.76. The van der Waals surface area contributed by atoms with Gasteiger partial charge in [0.25, 0.3) is 0 Å². The minimum Gasteiger partial charge on any atom is -0.383 e. The van der Waals surface area contributed by atoms with Gasteiger partial charge in [-0.05, 0) is 30.5 Å². The molecule has 2 rings (SSSR count). The number of aromatic nitrogens is 1. The second kappa shape index (κ2) is 9.24. The smallest absolute Gasteiger partial charge is 0.233 e. The van der Waals surface area contributed by atoms with Crippen LogP contribution in [0.1, 0.15) is 12.0 Å². The Hall–Kier alpha value is -2.12. The molecule has 1 heterocycles. The molecule has 6 nitrogen and oxygen atoms in total. The fraction of sp³-hybridized carbons (Fsp3) is 0.353. The molecule has 1 aromatic heterocycles. The number of anilines is 2. The van der Waals surface area contributed by atoms with Gasteiger partial charge in [0, 0.05) is 13.7 Å². The van der Waals surface area contributed by atoms with Gasteiger partial charge in [-0.2, -0.15) is 0 Å². The van der Waals surface area contributed by atoms with E-state index in [0.717, 1.165) is 17.7 Å². The number of hydrogen-bond donors (Lipinski definition) is 2. The molecular formula is C17H23N3O3S. The van der Waals surface area contributed by atoms with Gasteiger partial charge < -0.3 is 10.1 Å². The Balaban J connectivity index is 1.80. The normalized spacial score (nSPS) is 11.2. The molecule has 0 aliphatic rings. The number of nitrogens with zero attached hydrogens (tertiary/aromatic N) is 1. The van der Waals surface area contributed by atoms with Crippen molar-refractivity contribution in [2.24, 2.45) is 0 Å². The van der Waals surface area contributed by atoms with Gasteiger partial charge in [0.1, 0.15) is 5.82 Å². The molecule has 0 aliphatic carbocycles. The van der Waals surface area contributed by atoms with Gasteiger partial charge in [-0.3, -0.25) is 4.72 Å². The molecule has 2 N–H and O–H groups in total. The quantitative estimate of drug-likeness (QED) is 0.644. The van der Waals surface area contributed by atoms with Gasteiger partial charge in [0.2, 0.25) is 10.0 Å². The van der Waals surface area contributed by atoms with Crippen LogP contribution in [0.2, 0.25) is 0 Å². The van der Waals surface area contributed by atoms with Gasteiger partial charge in [-0.25, -0.2) is 13.4 Å². The first kappa shape index (κ1) is 18.2. The number of sulfonamides is 1. The molecule has 2 aromatic rings. The van der Waals surface area contributed by atoms with Crippen molar-refractivity contribution in [2.45, 2.75) is 12.8 Å². The molecule has 0 bridgehead atoms. The van der Waals surface area contributed by atoms with E-state index in [0.29, 0.717) is 25.4 Å². The third-order valence-corrected chi connectivity index (χ3v) is 4.73. The molecule has 0 spiro atoms. The molecule has 0 unspecified atom stereocenters. The highest BCUT2D eigenvalue weighted by Gasteiger charge is 2.11. The van der Waals surface area contributed by atoms with Crippen molar-refractivity contribution in [2.75, 3.05) is 36.1 Å². The van der Waals surface area contributed by atoms with Gasteiger partial charge in [0.05, 0.1) is 24.2 Å². The Labute approximate surface area is 143 Å². The van der Waals surface area contributed by atoms with Crippen LogP contribution in [-0.2, 0) is 21.2 Å². The van der Waals surface area contributed by atoms with Crippen LogP contribution < -0.4 is 10.0 Å². The molecule has 0 saturated heterocycles. The topological polar surface area (TPSA) is 80.3 Å². The number of rotatable bonds is 10. The van der Waals surface area contributed by atoms with E-state index in [9.17, 15) is 8.42 Å². The van der Waals surface area contributed by atoms with Crippen molar-refractivity contribution in [3.05, 3.63) is 54.2 Å². The molecule has 7 heteroatoms. The average molecular weight is 349 g/mol. The zero-order valence-electron chi connectivity index (χ0n) is 13.7. The number of aryl methyl sites for hydroxylation is 1. The minimum absolute atomic E-state index is 0.0669. The monoisotopic (exact) mass is 349 g/mol. The summed E-state index contributed by atoms with van der Waals surface area (Å²) in [6.07, 6.45) is 2.89. The summed E-state index contributed by atoms with van der Waals surface area (Å²) in [5.41, 5.74) is 1.95. The first-order chi connectivity index (χ1) is 11.6. The summed E-state index contributed by atoms with van der Waals surface area (Å²) in [4.78, 5) is 4.12. The number of ether oxygens (including phenoxy) is 1. The standard InChI is InChI=1S/C17H23N3O3S/c1-23-12-11-18-16-9-10-17(19-14-16)20-24(21,22)13-5-8-15-6-3-2-4-7-15/h2-4,6-7,9-10,14,18H,5,8,11-13H2,1H3,(H,19,20). The Morgan fingerprint density at radius 3 is 2.58 bits per heavy atom. The number of methoxy groups -OCH3 is 1. The van der Waals surface area contributed by atoms with Crippen LogP contribution in [0.4, 0.5) is 11.5 Å². The van der Waals surface area contributed by atoms with Crippen LogP contribution >= 0.6 is 0 Å². The second-order valence-electron chi connectivity index (χ2n) is 5.36. The Bertz CT molecular complexity index is 704. The van der Waals surface area contributed by atoms with E-state index in [1.54, 1.807) is 25.4 Å². The number of pyridine rings is 1. The Morgan fingerprint density at radius 2 is 1.92 bits per heavy atom. The maximum absolute atomic E-state index is 12.1. The van der Waals surface area contributed by atoms with Crippen LogP contribution in [0.25, 0.3) is 0 Å². The van der Waals surface area contributed by atoms with Crippen LogP contribution in [0.15, 0.2) is 48.7 Å². The van der Waals surface area contributed by atoms with Gasteiger partial charge in [-0.15, -0.1) is 0 Å². The van der Waals surface area contributed by atoms with Crippen molar-refractivity contribution >= 4 is 21.5 Å². The summed E-state index contributed by atoms with van der Waals surface area (Å²) in [6.45, 7) is 1.26. The lowest BCUT2D eigenvalue weighted by Crippen LogP contribution is -2.18. The Morgan fingerprint density at radius 1 is 1.12 bits per heavy atom. The Kier molecular flexibility index (Phi) is 7.02. The minimum atomic E-state index is -3.39. The molecule has 0 fully saturated rings. The SMILES string of the molecule is COCCNc1ccc(NS(=O)(=O)CCCc2ccccc2)nc1. The summed E-state index contributed by atoms with van der Waals surface area (Å²) < 4.78 is 31.7. The van der Waals surface area contributed by atoms with Crippen molar-refractivity contribution in [3.63, 3.8) is 0 Å². The van der Waals surface area contributed by atoms with Crippen LogP contribution in [0.3, 0.4) is 0 Å². The van der Waals surface area contributed by atoms with Crippen LogP contribution in [-0.4, -0.2) is 39.4 Å². The zero-order chi connectivity index (χ0) is 17.3. The highest BCUT2D eigenvalue weighted by Crippen LogP contribution is 2.12. The molecule has 24 heavy (non-hydrogen) atoms. The van der Waals surface area contributed by atoms with E-state index < -0.39 is 10.0 Å². The van der Waals surface area contributed by atoms with Crippen molar-refractivity contribution < 1.29 is 13.2 Å². The van der Waals surface area contributed by atoms with Crippen molar-refractivity contribution in [1.29, 1.82) is 0 Å². The van der Waals surface area contributed by atoms with E-state index in [4.69, 9.17) is 4.74 Å². The third kappa shape index (κ3) is 6.55. The highest BCUT2D eigenvalue weighted by atomic mass is 32.2. The van der Waals surface area contributed by atoms with E-state index in [-0.39, 0.29) is 5.75 Å². The van der Waals surface area contributed by atoms with Crippen LogP contribution in [0.5, 0.6) is 0 Å². The van der Waals surface area contributed by atoms with Crippen LogP contribution in [0, 0.1) is 0 Å². The number of benzene rings is 1. The highest BCUT2D eigenvalue weighted by molar-refractivity contribution is 7.92. The predicted octanol–water partition coefficient (Wildman–Crippen LogP) is 2.51. The first-order valence-electron chi connectivity index (χ1n) is 7.82. The first-order valence-corrected chi connectivity index (χ1v) is 9.47. The zero-order valence-corrected chi connectivity index (χ0v) is 14.6. The molecule has 0 radical (unpaired) electrons. The summed E-state index contributed by atoms with van der Waals surface area (Å²) in [5, 5.41) is 3.12. The maximum Gasteiger partial charge on any atom is 0.233 e. The molecule has 0 atom stereocenters. The molecule has 0 amide bonds.